The molecule has 0 radical (unpaired) electrons. The number of hydrogen-bond donors (Lipinski definition) is 2. The molecular weight excluding hydrogens is 306 g/mol. The Kier molecular flexibility index (Phi) is 3.50. The number of carboxylic acids is 1. The molecule has 2 amide bonds. The van der Waals surface area contributed by atoms with Crippen molar-refractivity contribution in [3.63, 3.8) is 0 Å². The van der Waals surface area contributed by atoms with Crippen LogP contribution in [-0.2, 0) is 9.59 Å². The average Bonchev–Trinajstić information content (AvgIpc) is 3.01. The minimum atomic E-state index is -0.942. The Morgan fingerprint density at radius 3 is 2.82 bits per heavy atom. The highest BCUT2D eigenvalue weighted by molar-refractivity contribution is 8.18. The molecule has 1 saturated heterocycles. The normalized spacial score (nSPS) is 18.0. The van der Waals surface area contributed by atoms with Gasteiger partial charge in [0.05, 0.1) is 17.1 Å². The Morgan fingerprint density at radius 2 is 2.18 bits per heavy atom. The SMILES string of the molecule is CC(C(=O)O)c1coc2ccc(C=C3SC(=O)NC3=O)cc12. The summed E-state index contributed by atoms with van der Waals surface area (Å²) in [7, 11) is 0. The zero-order valence-corrected chi connectivity index (χ0v) is 12.3. The Labute approximate surface area is 129 Å². The van der Waals surface area contributed by atoms with Gasteiger partial charge in [-0.05, 0) is 42.5 Å². The number of thioether (sulfide) groups is 1. The molecule has 1 aliphatic heterocycles. The molecule has 0 spiro atoms. The number of imide groups is 1. The van der Waals surface area contributed by atoms with Crippen LogP contribution >= 0.6 is 11.8 Å². The third-order valence-corrected chi connectivity index (χ3v) is 4.21. The molecule has 1 unspecified atom stereocenters. The molecule has 7 heteroatoms. The number of carbonyl (C=O) groups excluding carboxylic acids is 2. The predicted octanol–water partition coefficient (Wildman–Crippen LogP) is 2.94. The average molecular weight is 317 g/mol. The smallest absolute Gasteiger partial charge is 0.310 e. The first-order chi connectivity index (χ1) is 10.5. The fourth-order valence-corrected chi connectivity index (χ4v) is 2.88. The summed E-state index contributed by atoms with van der Waals surface area (Å²) in [6.07, 6.45) is 3.02. The number of fused-ring (bicyclic) bond motifs is 1. The predicted molar refractivity (Wildman–Crippen MR) is 81.4 cm³/mol. The van der Waals surface area contributed by atoms with Crippen molar-refractivity contribution >= 4 is 45.9 Å². The maximum absolute atomic E-state index is 11.5. The summed E-state index contributed by atoms with van der Waals surface area (Å²) in [5.41, 5.74) is 1.84. The molecule has 22 heavy (non-hydrogen) atoms. The van der Waals surface area contributed by atoms with Crippen molar-refractivity contribution in [3.05, 3.63) is 40.5 Å². The third-order valence-electron chi connectivity index (χ3n) is 3.40. The number of aliphatic carboxylic acids is 1. The lowest BCUT2D eigenvalue weighted by molar-refractivity contribution is -0.138. The van der Waals surface area contributed by atoms with Gasteiger partial charge in [0.1, 0.15) is 5.58 Å². The van der Waals surface area contributed by atoms with E-state index in [0.717, 1.165) is 11.8 Å². The van der Waals surface area contributed by atoms with Crippen LogP contribution in [-0.4, -0.2) is 22.2 Å². The van der Waals surface area contributed by atoms with Gasteiger partial charge in [0, 0.05) is 10.9 Å². The van der Waals surface area contributed by atoms with Crippen LogP contribution in [0.3, 0.4) is 0 Å². The Balaban J connectivity index is 2.04. The third kappa shape index (κ3) is 2.50. The minimum Gasteiger partial charge on any atom is -0.481 e. The van der Waals surface area contributed by atoms with Crippen LogP contribution in [0.4, 0.5) is 4.79 Å². The molecule has 1 fully saturated rings. The summed E-state index contributed by atoms with van der Waals surface area (Å²) in [5, 5.41) is 11.6. The molecule has 112 valence electrons. The molecule has 1 aromatic carbocycles. The van der Waals surface area contributed by atoms with E-state index in [2.05, 4.69) is 5.32 Å². The first kappa shape index (κ1) is 14.4. The van der Waals surface area contributed by atoms with E-state index >= 15 is 0 Å². The summed E-state index contributed by atoms with van der Waals surface area (Å²) >= 11 is 0.835. The van der Waals surface area contributed by atoms with E-state index in [4.69, 9.17) is 9.52 Å². The van der Waals surface area contributed by atoms with Gasteiger partial charge >= 0.3 is 5.97 Å². The summed E-state index contributed by atoms with van der Waals surface area (Å²) in [4.78, 5) is 34.1. The quantitative estimate of drug-likeness (QED) is 0.845. The Morgan fingerprint density at radius 1 is 1.41 bits per heavy atom. The first-order valence-corrected chi connectivity index (χ1v) is 7.26. The van der Waals surface area contributed by atoms with E-state index in [9.17, 15) is 14.4 Å². The summed E-state index contributed by atoms with van der Waals surface area (Å²) in [5.74, 6) is -2.07. The van der Waals surface area contributed by atoms with Gasteiger partial charge < -0.3 is 9.52 Å². The number of rotatable bonds is 3. The number of carboxylic acid groups (broad SMARTS) is 1. The van der Waals surface area contributed by atoms with Crippen molar-refractivity contribution in [2.75, 3.05) is 0 Å². The van der Waals surface area contributed by atoms with E-state index in [1.807, 2.05) is 0 Å². The van der Waals surface area contributed by atoms with Gasteiger partial charge in [-0.15, -0.1) is 0 Å². The number of hydrogen-bond acceptors (Lipinski definition) is 5. The van der Waals surface area contributed by atoms with Crippen LogP contribution in [0.5, 0.6) is 0 Å². The van der Waals surface area contributed by atoms with Crippen molar-refractivity contribution in [1.82, 2.24) is 5.32 Å². The zero-order valence-electron chi connectivity index (χ0n) is 11.5. The van der Waals surface area contributed by atoms with Crippen LogP contribution < -0.4 is 5.32 Å². The highest BCUT2D eigenvalue weighted by atomic mass is 32.2. The number of furan rings is 1. The van der Waals surface area contributed by atoms with Crippen LogP contribution in [0, 0.1) is 0 Å². The fourth-order valence-electron chi connectivity index (χ4n) is 2.20. The maximum Gasteiger partial charge on any atom is 0.310 e. The summed E-state index contributed by atoms with van der Waals surface area (Å²) < 4.78 is 5.36. The lowest BCUT2D eigenvalue weighted by atomic mass is 9.99. The van der Waals surface area contributed by atoms with Gasteiger partial charge in [0.25, 0.3) is 11.1 Å². The highest BCUT2D eigenvalue weighted by Crippen LogP contribution is 2.31. The highest BCUT2D eigenvalue weighted by Gasteiger charge is 2.25. The van der Waals surface area contributed by atoms with Crippen LogP contribution in [0.1, 0.15) is 24.0 Å². The van der Waals surface area contributed by atoms with Gasteiger partial charge in [-0.1, -0.05) is 6.07 Å². The van der Waals surface area contributed by atoms with E-state index in [0.29, 0.717) is 27.0 Å². The monoisotopic (exact) mass is 317 g/mol. The fraction of sp³-hybridized carbons (Fsp3) is 0.133. The molecule has 2 heterocycles. The van der Waals surface area contributed by atoms with Crippen molar-refractivity contribution in [2.45, 2.75) is 12.8 Å². The second-order valence-corrected chi connectivity index (χ2v) is 5.87. The number of nitrogens with one attached hydrogen (secondary N) is 1. The largest absolute Gasteiger partial charge is 0.481 e. The Hall–Kier alpha value is -2.54. The van der Waals surface area contributed by atoms with E-state index in [1.165, 1.54) is 6.26 Å². The Bertz CT molecular complexity index is 836. The van der Waals surface area contributed by atoms with Gasteiger partial charge in [-0.3, -0.25) is 19.7 Å². The van der Waals surface area contributed by atoms with Gasteiger partial charge in [0.15, 0.2) is 0 Å². The number of amides is 2. The molecular formula is C15H11NO5S. The summed E-state index contributed by atoms with van der Waals surface area (Å²) in [6.45, 7) is 1.58. The second kappa shape index (κ2) is 5.34. The molecule has 2 aromatic rings. The molecule has 6 nitrogen and oxygen atoms in total. The number of benzene rings is 1. The van der Waals surface area contributed by atoms with Gasteiger partial charge in [-0.2, -0.15) is 0 Å². The molecule has 1 aliphatic rings. The van der Waals surface area contributed by atoms with Gasteiger partial charge in [-0.25, -0.2) is 0 Å². The van der Waals surface area contributed by atoms with Crippen molar-refractivity contribution in [1.29, 1.82) is 0 Å². The van der Waals surface area contributed by atoms with Crippen molar-refractivity contribution in [2.24, 2.45) is 0 Å². The topological polar surface area (TPSA) is 96.6 Å². The molecule has 0 bridgehead atoms. The molecule has 0 aliphatic carbocycles. The minimum absolute atomic E-state index is 0.306. The van der Waals surface area contributed by atoms with Crippen LogP contribution in [0.2, 0.25) is 0 Å². The van der Waals surface area contributed by atoms with E-state index in [1.54, 1.807) is 31.2 Å². The van der Waals surface area contributed by atoms with Crippen molar-refractivity contribution < 1.29 is 23.9 Å². The molecule has 1 aromatic heterocycles. The number of carbonyl (C=O) groups is 3. The zero-order chi connectivity index (χ0) is 15.9. The second-order valence-electron chi connectivity index (χ2n) is 4.86. The van der Waals surface area contributed by atoms with E-state index < -0.39 is 23.0 Å². The molecule has 3 rings (SSSR count). The first-order valence-electron chi connectivity index (χ1n) is 6.44. The molecule has 0 saturated carbocycles. The van der Waals surface area contributed by atoms with Crippen LogP contribution in [0.15, 0.2) is 33.8 Å². The summed E-state index contributed by atoms with van der Waals surface area (Å²) in [6, 6.07) is 5.20. The van der Waals surface area contributed by atoms with E-state index in [-0.39, 0.29) is 0 Å². The van der Waals surface area contributed by atoms with Gasteiger partial charge in [0.2, 0.25) is 0 Å². The lowest BCUT2D eigenvalue weighted by Gasteiger charge is -2.03. The molecule has 2 N–H and O–H groups in total. The van der Waals surface area contributed by atoms with Crippen LogP contribution in [0.25, 0.3) is 17.0 Å². The standard InChI is InChI=1S/C15H11NO5S/c1-7(14(18)19)10-6-21-11-3-2-8(4-9(10)11)5-12-13(17)16-15(20)22-12/h2-7H,1H3,(H,18,19)(H,16,17,20). The lowest BCUT2D eigenvalue weighted by Crippen LogP contribution is -2.17. The van der Waals surface area contributed by atoms with Crippen molar-refractivity contribution in [3.8, 4) is 0 Å². The molecule has 1 atom stereocenters. The maximum atomic E-state index is 11.5.